The highest BCUT2D eigenvalue weighted by molar-refractivity contribution is 6.31. The molecule has 162 valence electrons. The number of carbonyl (C=O) groups is 1. The van der Waals surface area contributed by atoms with Gasteiger partial charge in [0.2, 0.25) is 0 Å². The number of rotatable bonds is 5. The van der Waals surface area contributed by atoms with Crippen LogP contribution in [0.3, 0.4) is 0 Å². The van der Waals surface area contributed by atoms with Crippen molar-refractivity contribution in [3.63, 3.8) is 0 Å². The van der Waals surface area contributed by atoms with Crippen LogP contribution in [0.1, 0.15) is 40.2 Å². The zero-order chi connectivity index (χ0) is 22.8. The first-order valence-corrected chi connectivity index (χ1v) is 10.0. The number of benzene rings is 2. The molecule has 3 aromatic rings. The highest BCUT2D eigenvalue weighted by Gasteiger charge is 2.45. The summed E-state index contributed by atoms with van der Waals surface area (Å²) in [5, 5.41) is 0.215. The van der Waals surface area contributed by atoms with Crippen LogP contribution in [-0.2, 0) is 4.74 Å². The summed E-state index contributed by atoms with van der Waals surface area (Å²) in [6, 6.07) is 14.1. The van der Waals surface area contributed by atoms with E-state index in [2.05, 4.69) is 9.72 Å². The number of alkyl halides is 3. The minimum atomic E-state index is -4.50. The molecule has 8 heteroatoms. The smallest absolute Gasteiger partial charge is 0.396 e. The lowest BCUT2D eigenvalue weighted by Crippen LogP contribution is -2.26. The van der Waals surface area contributed by atoms with Crippen molar-refractivity contribution in [3.8, 4) is 11.1 Å². The summed E-state index contributed by atoms with van der Waals surface area (Å²) in [7, 11) is 1.30. The van der Waals surface area contributed by atoms with Crippen molar-refractivity contribution in [2.24, 2.45) is 0 Å². The molecule has 0 aliphatic heterocycles. The third-order valence-corrected chi connectivity index (χ3v) is 5.63. The van der Waals surface area contributed by atoms with Crippen molar-refractivity contribution in [2.45, 2.75) is 24.9 Å². The summed E-state index contributed by atoms with van der Waals surface area (Å²) in [5.41, 5.74) is 2.27. The number of hydrogen-bond acceptors (Lipinski definition) is 3. The average Bonchev–Trinajstić information content (AvgIpc) is 2.72. The normalized spacial score (nSPS) is 13.5. The van der Waals surface area contributed by atoms with Crippen LogP contribution >= 0.6 is 23.2 Å². The van der Waals surface area contributed by atoms with Gasteiger partial charge >= 0.3 is 12.1 Å². The summed E-state index contributed by atoms with van der Waals surface area (Å²) >= 11 is 12.2. The molecular formula is C23H18Cl2F3NO2. The molecule has 1 aromatic heterocycles. The van der Waals surface area contributed by atoms with Gasteiger partial charge in [-0.05, 0) is 58.5 Å². The maximum Gasteiger partial charge on any atom is 0.396 e. The molecule has 0 spiro atoms. The second-order valence-electron chi connectivity index (χ2n) is 7.03. The topological polar surface area (TPSA) is 39.2 Å². The molecule has 31 heavy (non-hydrogen) atoms. The third-order valence-electron chi connectivity index (χ3n) is 5.09. The van der Waals surface area contributed by atoms with E-state index < -0.39 is 24.0 Å². The van der Waals surface area contributed by atoms with Gasteiger partial charge in [-0.3, -0.25) is 0 Å². The summed E-state index contributed by atoms with van der Waals surface area (Å²) in [6.07, 6.45) is -3.25. The monoisotopic (exact) mass is 467 g/mol. The fraction of sp³-hybridized carbons (Fsp3) is 0.217. The fourth-order valence-corrected chi connectivity index (χ4v) is 4.08. The van der Waals surface area contributed by atoms with E-state index in [4.69, 9.17) is 23.2 Å². The molecule has 0 aliphatic rings. The van der Waals surface area contributed by atoms with Crippen LogP contribution in [0, 0.1) is 0 Å². The van der Waals surface area contributed by atoms with E-state index in [1.54, 1.807) is 42.5 Å². The maximum absolute atomic E-state index is 13.9. The largest absolute Gasteiger partial charge is 0.465 e. The van der Waals surface area contributed by atoms with Crippen molar-refractivity contribution in [3.05, 3.63) is 87.7 Å². The Bertz CT molecular complexity index is 1080. The molecule has 0 fully saturated rings. The minimum absolute atomic E-state index is 0.00389. The number of nitrogens with zero attached hydrogens (tertiary/aromatic N) is 1. The van der Waals surface area contributed by atoms with Crippen LogP contribution in [0.15, 0.2) is 60.8 Å². The molecule has 2 unspecified atom stereocenters. The molecule has 0 bridgehead atoms. The Morgan fingerprint density at radius 1 is 1.00 bits per heavy atom. The zero-order valence-electron chi connectivity index (χ0n) is 16.6. The van der Waals surface area contributed by atoms with Crippen molar-refractivity contribution in [1.29, 1.82) is 0 Å². The van der Waals surface area contributed by atoms with Gasteiger partial charge in [-0.2, -0.15) is 13.2 Å². The first-order valence-electron chi connectivity index (χ1n) is 9.28. The summed E-state index contributed by atoms with van der Waals surface area (Å²) < 4.78 is 46.5. The van der Waals surface area contributed by atoms with Gasteiger partial charge in [0, 0.05) is 11.2 Å². The molecule has 2 aromatic carbocycles. The Balaban J connectivity index is 1.94. The van der Waals surface area contributed by atoms with E-state index in [1.165, 1.54) is 32.4 Å². The van der Waals surface area contributed by atoms with Crippen LogP contribution in [-0.4, -0.2) is 24.2 Å². The van der Waals surface area contributed by atoms with E-state index in [1.807, 2.05) is 0 Å². The van der Waals surface area contributed by atoms with Crippen molar-refractivity contribution in [1.82, 2.24) is 4.98 Å². The van der Waals surface area contributed by atoms with E-state index in [9.17, 15) is 18.0 Å². The molecule has 1 heterocycles. The molecule has 3 nitrogen and oxygen atoms in total. The average molecular weight is 468 g/mol. The molecule has 0 amide bonds. The second-order valence-corrected chi connectivity index (χ2v) is 7.82. The standard InChI is InChI=1S/C23H18Cl2F3NO2/c1-13(21(23(26,27)28)17-9-10-29-20(25)12-17)18-8-7-16(11-19(18)24)14-3-5-15(6-4-14)22(30)31-2/h3-13,21H,1-2H3. The number of esters is 1. The number of aromatic nitrogens is 1. The number of methoxy groups -OCH3 is 1. The number of hydrogen-bond donors (Lipinski definition) is 0. The summed E-state index contributed by atoms with van der Waals surface area (Å²) in [6.45, 7) is 1.48. The van der Waals surface area contributed by atoms with Crippen LogP contribution in [0.4, 0.5) is 13.2 Å². The number of pyridine rings is 1. The van der Waals surface area contributed by atoms with Gasteiger partial charge in [0.25, 0.3) is 0 Å². The van der Waals surface area contributed by atoms with Gasteiger partial charge in [-0.25, -0.2) is 9.78 Å². The predicted octanol–water partition coefficient (Wildman–Crippen LogP) is 7.29. The fourth-order valence-electron chi connectivity index (χ4n) is 3.54. The number of carbonyl (C=O) groups excluding carboxylic acids is 1. The number of ether oxygens (including phenoxy) is 1. The molecule has 0 N–H and O–H groups in total. The molecule has 0 aliphatic carbocycles. The molecule has 0 saturated heterocycles. The quantitative estimate of drug-likeness (QED) is 0.292. The van der Waals surface area contributed by atoms with Crippen LogP contribution < -0.4 is 0 Å². The van der Waals surface area contributed by atoms with Crippen molar-refractivity contribution < 1.29 is 22.7 Å². The summed E-state index contributed by atoms with van der Waals surface area (Å²) in [4.78, 5) is 15.3. The van der Waals surface area contributed by atoms with Gasteiger partial charge in [-0.1, -0.05) is 54.4 Å². The molecule has 0 saturated carbocycles. The zero-order valence-corrected chi connectivity index (χ0v) is 18.1. The predicted molar refractivity (Wildman–Crippen MR) is 115 cm³/mol. The maximum atomic E-state index is 13.9. The highest BCUT2D eigenvalue weighted by atomic mass is 35.5. The van der Waals surface area contributed by atoms with Crippen LogP contribution in [0.25, 0.3) is 11.1 Å². The van der Waals surface area contributed by atoms with Gasteiger partial charge < -0.3 is 4.74 Å². The first kappa shape index (κ1) is 23.1. The van der Waals surface area contributed by atoms with Gasteiger partial charge in [0.1, 0.15) is 5.15 Å². The van der Waals surface area contributed by atoms with Gasteiger partial charge in [0.05, 0.1) is 18.6 Å². The molecule has 3 rings (SSSR count). The Morgan fingerprint density at radius 3 is 2.19 bits per heavy atom. The second kappa shape index (κ2) is 9.28. The van der Waals surface area contributed by atoms with E-state index >= 15 is 0 Å². The third kappa shape index (κ3) is 5.20. The molecule has 2 atom stereocenters. The Labute approximate surface area is 187 Å². The highest BCUT2D eigenvalue weighted by Crippen LogP contribution is 2.46. The summed E-state index contributed by atoms with van der Waals surface area (Å²) in [5.74, 6) is -3.21. The van der Waals surface area contributed by atoms with Gasteiger partial charge in [-0.15, -0.1) is 0 Å². The lowest BCUT2D eigenvalue weighted by molar-refractivity contribution is -0.154. The molecule has 0 radical (unpaired) electrons. The lowest BCUT2D eigenvalue weighted by atomic mass is 9.82. The first-order chi connectivity index (χ1) is 14.6. The van der Waals surface area contributed by atoms with E-state index in [0.29, 0.717) is 16.7 Å². The van der Waals surface area contributed by atoms with Crippen molar-refractivity contribution in [2.75, 3.05) is 7.11 Å². The number of halogens is 5. The van der Waals surface area contributed by atoms with Crippen LogP contribution in [0.5, 0.6) is 0 Å². The van der Waals surface area contributed by atoms with Gasteiger partial charge in [0.15, 0.2) is 0 Å². The minimum Gasteiger partial charge on any atom is -0.465 e. The van der Waals surface area contributed by atoms with E-state index in [-0.39, 0.29) is 15.7 Å². The Morgan fingerprint density at radius 2 is 1.65 bits per heavy atom. The van der Waals surface area contributed by atoms with Crippen LogP contribution in [0.2, 0.25) is 10.2 Å². The Hall–Kier alpha value is -2.57. The Kier molecular flexibility index (Phi) is 6.92. The van der Waals surface area contributed by atoms with Crippen molar-refractivity contribution >= 4 is 29.2 Å². The molecular weight excluding hydrogens is 450 g/mol. The van der Waals surface area contributed by atoms with E-state index in [0.717, 1.165) is 5.56 Å². The lowest BCUT2D eigenvalue weighted by Gasteiger charge is -2.28. The SMILES string of the molecule is COC(=O)c1ccc(-c2ccc(C(C)C(c3ccnc(Cl)c3)C(F)(F)F)c(Cl)c2)cc1.